The molecule has 0 aromatic heterocycles. The number of carbonyl (C=O) groups is 1. The predicted molar refractivity (Wildman–Crippen MR) is 99.4 cm³/mol. The predicted octanol–water partition coefficient (Wildman–Crippen LogP) is 2.65. The molecule has 0 bridgehead atoms. The number of rotatable bonds is 4. The van der Waals surface area contributed by atoms with Gasteiger partial charge in [0.15, 0.2) is 0 Å². The van der Waals surface area contributed by atoms with Gasteiger partial charge in [-0.05, 0) is 24.3 Å². The Balaban J connectivity index is 1.56. The van der Waals surface area contributed by atoms with Crippen molar-refractivity contribution >= 4 is 11.7 Å². The fraction of sp³-hybridized carbons (Fsp3) is 0.350. The fourth-order valence-electron chi connectivity index (χ4n) is 3.31. The molecular weight excluding hydrogens is 371 g/mol. The Bertz CT molecular complexity index is 818. The molecule has 2 amide bonds. The highest BCUT2D eigenvalue weighted by Crippen LogP contribution is 2.34. The summed E-state index contributed by atoms with van der Waals surface area (Å²) in [4.78, 5) is 15.3. The van der Waals surface area contributed by atoms with Crippen LogP contribution in [0.4, 0.5) is 23.7 Å². The molecule has 3 rings (SSSR count). The third kappa shape index (κ3) is 4.95. The Morgan fingerprint density at radius 3 is 2.54 bits per heavy atom. The van der Waals surface area contributed by atoms with Crippen LogP contribution in [-0.2, 0) is 12.7 Å². The van der Waals surface area contributed by atoms with Gasteiger partial charge in [-0.3, -0.25) is 0 Å². The van der Waals surface area contributed by atoms with Crippen LogP contribution in [0.1, 0.15) is 11.1 Å². The second-order valence-electron chi connectivity index (χ2n) is 6.74. The van der Waals surface area contributed by atoms with Crippen molar-refractivity contribution in [2.45, 2.75) is 12.7 Å². The zero-order valence-corrected chi connectivity index (χ0v) is 15.6. The summed E-state index contributed by atoms with van der Waals surface area (Å²) in [6.45, 7) is 3.24. The molecule has 5 nitrogen and oxygen atoms in total. The molecule has 150 valence electrons. The van der Waals surface area contributed by atoms with E-state index in [9.17, 15) is 18.0 Å². The minimum atomic E-state index is -4.51. The lowest BCUT2D eigenvalue weighted by atomic mass is 10.1. The van der Waals surface area contributed by atoms with Gasteiger partial charge in [0.1, 0.15) is 12.3 Å². The maximum absolute atomic E-state index is 13.1. The second-order valence-corrected chi connectivity index (χ2v) is 6.74. The third-order valence-corrected chi connectivity index (χ3v) is 4.82. The number of nitrogens with one attached hydrogen (secondary N) is 2. The minimum absolute atomic E-state index is 0.217. The maximum atomic E-state index is 13.1. The molecule has 1 aliphatic heterocycles. The van der Waals surface area contributed by atoms with Gasteiger partial charge in [-0.2, -0.15) is 13.2 Å². The summed E-state index contributed by atoms with van der Waals surface area (Å²) in [5.74, 6) is 0.804. The molecule has 0 atom stereocenters. The van der Waals surface area contributed by atoms with Crippen molar-refractivity contribution in [3.63, 3.8) is 0 Å². The Hall–Kier alpha value is -2.74. The number of alkyl halides is 3. The van der Waals surface area contributed by atoms with Crippen LogP contribution in [0, 0.1) is 0 Å². The van der Waals surface area contributed by atoms with Gasteiger partial charge in [0.25, 0.3) is 0 Å². The Kier molecular flexibility index (Phi) is 6.08. The van der Waals surface area contributed by atoms with Crippen molar-refractivity contribution in [1.29, 1.82) is 0 Å². The number of ether oxygens (including phenoxy) is 1. The summed E-state index contributed by atoms with van der Waals surface area (Å²) < 4.78 is 44.5. The van der Waals surface area contributed by atoms with E-state index in [2.05, 4.69) is 5.32 Å². The fourth-order valence-corrected chi connectivity index (χ4v) is 3.31. The molecule has 1 saturated heterocycles. The number of benzene rings is 2. The van der Waals surface area contributed by atoms with Gasteiger partial charge in [0.2, 0.25) is 0 Å². The number of para-hydroxylation sites is 1. The highest BCUT2D eigenvalue weighted by atomic mass is 19.4. The van der Waals surface area contributed by atoms with Crippen molar-refractivity contribution in [3.05, 3.63) is 59.7 Å². The Morgan fingerprint density at radius 2 is 1.86 bits per heavy atom. The van der Waals surface area contributed by atoms with Crippen LogP contribution < -0.4 is 15.0 Å². The molecule has 1 fully saturated rings. The van der Waals surface area contributed by atoms with Crippen LogP contribution in [0.2, 0.25) is 0 Å². The topological polar surface area (TPSA) is 46.0 Å². The number of urea groups is 1. The SMILES string of the molecule is COc1cccc(C[NH+]2CCN(C(=O)Nc3ccccc3C(F)(F)F)CC2)c1. The van der Waals surface area contributed by atoms with Crippen molar-refractivity contribution < 1.29 is 27.6 Å². The first kappa shape index (κ1) is 20.0. The standard InChI is InChI=1S/C20H22F3N3O2/c1-28-16-6-4-5-15(13-16)14-25-9-11-26(12-10-25)19(27)24-18-8-3-2-7-17(18)20(21,22)23/h2-8,13H,9-12,14H2,1H3,(H,24,27)/p+1. The molecule has 0 unspecified atom stereocenters. The van der Waals surface area contributed by atoms with E-state index >= 15 is 0 Å². The van der Waals surface area contributed by atoms with E-state index in [1.54, 1.807) is 12.0 Å². The molecule has 0 saturated carbocycles. The minimum Gasteiger partial charge on any atom is -0.497 e. The van der Waals surface area contributed by atoms with Gasteiger partial charge < -0.3 is 19.9 Å². The first-order valence-electron chi connectivity index (χ1n) is 9.05. The van der Waals surface area contributed by atoms with Gasteiger partial charge in [-0.15, -0.1) is 0 Å². The Labute approximate surface area is 161 Å². The molecule has 2 aromatic rings. The van der Waals surface area contributed by atoms with Crippen molar-refractivity contribution in [2.75, 3.05) is 38.6 Å². The second kappa shape index (κ2) is 8.52. The smallest absolute Gasteiger partial charge is 0.418 e. The zero-order chi connectivity index (χ0) is 20.1. The summed E-state index contributed by atoms with van der Waals surface area (Å²) >= 11 is 0. The van der Waals surface area contributed by atoms with Gasteiger partial charge in [-0.1, -0.05) is 24.3 Å². The molecule has 8 heteroatoms. The molecule has 1 aliphatic rings. The van der Waals surface area contributed by atoms with E-state index in [1.807, 2.05) is 24.3 Å². The van der Waals surface area contributed by atoms with Crippen LogP contribution in [0.5, 0.6) is 5.75 Å². The number of anilines is 1. The van der Waals surface area contributed by atoms with Crippen LogP contribution in [0.15, 0.2) is 48.5 Å². The van der Waals surface area contributed by atoms with E-state index in [0.717, 1.165) is 37.0 Å². The van der Waals surface area contributed by atoms with E-state index in [0.29, 0.717) is 13.1 Å². The molecular formula is C20H23F3N3O2+. The average molecular weight is 394 g/mol. The summed E-state index contributed by atoms with van der Waals surface area (Å²) in [5, 5.41) is 2.41. The molecule has 0 spiro atoms. The third-order valence-electron chi connectivity index (χ3n) is 4.82. The van der Waals surface area contributed by atoms with Gasteiger partial charge in [-0.25, -0.2) is 4.79 Å². The number of carbonyl (C=O) groups excluding carboxylic acids is 1. The molecule has 2 N–H and O–H groups in total. The molecule has 0 aliphatic carbocycles. The average Bonchev–Trinajstić information content (AvgIpc) is 2.68. The van der Waals surface area contributed by atoms with Crippen LogP contribution >= 0.6 is 0 Å². The number of methoxy groups -OCH3 is 1. The zero-order valence-electron chi connectivity index (χ0n) is 15.6. The normalized spacial score (nSPS) is 15.4. The summed E-state index contributed by atoms with van der Waals surface area (Å²) in [6.07, 6.45) is -4.51. The summed E-state index contributed by atoms with van der Waals surface area (Å²) in [6, 6.07) is 12.4. The number of nitrogens with zero attached hydrogens (tertiary/aromatic N) is 1. The number of amides is 2. The number of halogens is 3. The van der Waals surface area contributed by atoms with Crippen LogP contribution in [0.25, 0.3) is 0 Å². The van der Waals surface area contributed by atoms with Crippen LogP contribution in [0.3, 0.4) is 0 Å². The maximum Gasteiger partial charge on any atom is 0.418 e. The quantitative estimate of drug-likeness (QED) is 0.838. The van der Waals surface area contributed by atoms with Crippen molar-refractivity contribution in [1.82, 2.24) is 4.90 Å². The van der Waals surface area contributed by atoms with Crippen molar-refractivity contribution in [3.8, 4) is 5.75 Å². The molecule has 1 heterocycles. The van der Waals surface area contributed by atoms with Crippen molar-refractivity contribution in [2.24, 2.45) is 0 Å². The molecule has 0 radical (unpaired) electrons. The number of hydrogen-bond donors (Lipinski definition) is 2. The van der Waals surface area contributed by atoms with Gasteiger partial charge >= 0.3 is 12.2 Å². The van der Waals surface area contributed by atoms with E-state index in [-0.39, 0.29) is 5.69 Å². The van der Waals surface area contributed by atoms with E-state index < -0.39 is 17.8 Å². The first-order chi connectivity index (χ1) is 13.4. The van der Waals surface area contributed by atoms with E-state index in [4.69, 9.17) is 4.74 Å². The highest BCUT2D eigenvalue weighted by molar-refractivity contribution is 5.90. The molecule has 28 heavy (non-hydrogen) atoms. The first-order valence-corrected chi connectivity index (χ1v) is 9.05. The van der Waals surface area contributed by atoms with Gasteiger partial charge in [0.05, 0.1) is 44.5 Å². The number of quaternary nitrogens is 1. The highest BCUT2D eigenvalue weighted by Gasteiger charge is 2.34. The Morgan fingerprint density at radius 1 is 1.14 bits per heavy atom. The number of hydrogen-bond acceptors (Lipinski definition) is 2. The van der Waals surface area contributed by atoms with Crippen LogP contribution in [-0.4, -0.2) is 44.2 Å². The van der Waals surface area contributed by atoms with Gasteiger partial charge in [0, 0.05) is 5.56 Å². The monoisotopic (exact) mass is 394 g/mol. The molecule has 2 aromatic carbocycles. The largest absolute Gasteiger partial charge is 0.497 e. The number of piperazine rings is 1. The summed E-state index contributed by atoms with van der Waals surface area (Å²) in [5.41, 5.74) is 0.0862. The lowest BCUT2D eigenvalue weighted by molar-refractivity contribution is -0.917. The van der Waals surface area contributed by atoms with E-state index in [1.165, 1.54) is 23.1 Å². The lowest BCUT2D eigenvalue weighted by Gasteiger charge is -2.32. The lowest BCUT2D eigenvalue weighted by Crippen LogP contribution is -3.13. The summed E-state index contributed by atoms with van der Waals surface area (Å²) in [7, 11) is 1.63.